The van der Waals surface area contributed by atoms with Gasteiger partial charge in [-0.05, 0) is 31.0 Å². The van der Waals surface area contributed by atoms with Crippen molar-refractivity contribution >= 4 is 22.3 Å². The van der Waals surface area contributed by atoms with Gasteiger partial charge in [0.1, 0.15) is 18.9 Å². The molecule has 1 aromatic carbocycles. The summed E-state index contributed by atoms with van der Waals surface area (Å²) in [6.07, 6.45) is 0.577. The van der Waals surface area contributed by atoms with Gasteiger partial charge in [0.15, 0.2) is 0 Å². The molecule has 9 nitrogen and oxygen atoms in total. The molecule has 0 unspecified atom stereocenters. The lowest BCUT2D eigenvalue weighted by Crippen LogP contribution is -2.47. The van der Waals surface area contributed by atoms with Crippen molar-refractivity contribution in [3.8, 4) is 5.75 Å². The summed E-state index contributed by atoms with van der Waals surface area (Å²) < 4.78 is 42.7. The number of amides is 1. The minimum Gasteiger partial charge on any atom is -0.497 e. The van der Waals surface area contributed by atoms with Gasteiger partial charge in [-0.1, -0.05) is 25.5 Å². The number of cyclic esters (lactones) is 1. The van der Waals surface area contributed by atoms with Crippen LogP contribution in [-0.2, 0) is 24.5 Å². The fourth-order valence-electron chi connectivity index (χ4n) is 2.69. The van der Waals surface area contributed by atoms with E-state index in [1.165, 1.54) is 7.11 Å². The van der Waals surface area contributed by atoms with Crippen molar-refractivity contribution in [2.45, 2.75) is 32.7 Å². The maximum Gasteiger partial charge on any atom is 0.424 e. The summed E-state index contributed by atoms with van der Waals surface area (Å²) in [5.74, 6) is -0.0580. The number of carbonyl (C=O) groups is 2. The summed E-state index contributed by atoms with van der Waals surface area (Å²) >= 11 is 0. The molecule has 1 amide bonds. The normalized spacial score (nSPS) is 15.4. The van der Waals surface area contributed by atoms with Crippen molar-refractivity contribution in [2.75, 3.05) is 33.4 Å². The van der Waals surface area contributed by atoms with E-state index in [1.54, 1.807) is 31.2 Å². The SMILES string of the molecule is CCCCOC(=O)CN([C@@H](C)c1ccc(OC)cc1)S(=O)(=O)N1CCOC1=O. The van der Waals surface area contributed by atoms with Crippen LogP contribution >= 0.6 is 0 Å². The van der Waals surface area contributed by atoms with Gasteiger partial charge in [-0.15, -0.1) is 0 Å². The van der Waals surface area contributed by atoms with E-state index in [0.717, 1.165) is 10.7 Å². The van der Waals surface area contributed by atoms with Gasteiger partial charge >= 0.3 is 22.3 Å². The highest BCUT2D eigenvalue weighted by Crippen LogP contribution is 2.28. The number of rotatable bonds is 10. The van der Waals surface area contributed by atoms with Gasteiger partial charge in [0.25, 0.3) is 0 Å². The third-order valence-electron chi connectivity index (χ3n) is 4.37. The number of esters is 1. The van der Waals surface area contributed by atoms with Crippen LogP contribution in [0.5, 0.6) is 5.75 Å². The average Bonchev–Trinajstić information content (AvgIpc) is 3.12. The van der Waals surface area contributed by atoms with Crippen molar-refractivity contribution in [1.29, 1.82) is 0 Å². The monoisotopic (exact) mass is 414 g/mol. The minimum absolute atomic E-state index is 0.0240. The number of benzene rings is 1. The zero-order valence-corrected chi connectivity index (χ0v) is 17.1. The van der Waals surface area contributed by atoms with Crippen molar-refractivity contribution in [1.82, 2.24) is 8.61 Å². The molecule has 0 bridgehead atoms. The summed E-state index contributed by atoms with van der Waals surface area (Å²) in [4.78, 5) is 24.1. The Hall–Kier alpha value is -2.33. The number of hydrogen-bond acceptors (Lipinski definition) is 7. The van der Waals surface area contributed by atoms with Gasteiger partial charge in [-0.3, -0.25) is 4.79 Å². The van der Waals surface area contributed by atoms with E-state index >= 15 is 0 Å². The standard InChI is InChI=1S/C18H26N2O7S/c1-4-5-11-26-17(21)13-20(28(23,24)19-10-12-27-18(19)22)14(2)15-6-8-16(25-3)9-7-15/h6-9,14H,4-5,10-13H2,1-3H3/t14-/m0/s1. The Balaban J connectivity index is 2.28. The van der Waals surface area contributed by atoms with E-state index in [9.17, 15) is 18.0 Å². The van der Waals surface area contributed by atoms with E-state index in [0.29, 0.717) is 22.0 Å². The Morgan fingerprint density at radius 1 is 1.32 bits per heavy atom. The second-order valence-corrected chi connectivity index (χ2v) is 8.07. The first-order valence-corrected chi connectivity index (χ1v) is 10.5. The average molecular weight is 414 g/mol. The third-order valence-corrected chi connectivity index (χ3v) is 6.30. The van der Waals surface area contributed by atoms with Crippen LogP contribution in [0.2, 0.25) is 0 Å². The molecule has 1 heterocycles. The molecule has 1 saturated heterocycles. The second-order valence-electron chi connectivity index (χ2n) is 6.26. The molecular formula is C18H26N2O7S. The Morgan fingerprint density at radius 3 is 2.54 bits per heavy atom. The summed E-state index contributed by atoms with van der Waals surface area (Å²) in [7, 11) is -2.75. The molecule has 28 heavy (non-hydrogen) atoms. The summed E-state index contributed by atoms with van der Waals surface area (Å²) in [6, 6.07) is 6.08. The van der Waals surface area contributed by atoms with Crippen molar-refractivity contribution in [3.05, 3.63) is 29.8 Å². The number of nitrogens with zero attached hydrogens (tertiary/aromatic N) is 2. The van der Waals surface area contributed by atoms with Gasteiger partial charge in [-0.2, -0.15) is 17.0 Å². The minimum atomic E-state index is -4.28. The summed E-state index contributed by atoms with van der Waals surface area (Å²) in [5, 5.41) is 0. The molecule has 1 aliphatic rings. The Kier molecular flexibility index (Phi) is 7.64. The van der Waals surface area contributed by atoms with Crippen LogP contribution in [0, 0.1) is 0 Å². The van der Waals surface area contributed by atoms with Gasteiger partial charge in [-0.25, -0.2) is 4.79 Å². The molecule has 0 aromatic heterocycles. The molecule has 0 N–H and O–H groups in total. The first kappa shape index (κ1) is 22.0. The van der Waals surface area contributed by atoms with E-state index in [2.05, 4.69) is 0 Å². The molecule has 1 aromatic rings. The molecule has 2 rings (SSSR count). The topological polar surface area (TPSA) is 102 Å². The smallest absolute Gasteiger partial charge is 0.424 e. The fourth-order valence-corrected chi connectivity index (χ4v) is 4.27. The number of unbranched alkanes of at least 4 members (excludes halogenated alkanes) is 1. The molecule has 10 heteroatoms. The predicted molar refractivity (Wildman–Crippen MR) is 101 cm³/mol. The highest BCUT2D eigenvalue weighted by atomic mass is 32.2. The van der Waals surface area contributed by atoms with Crippen molar-refractivity contribution in [2.24, 2.45) is 0 Å². The lowest BCUT2D eigenvalue weighted by atomic mass is 10.1. The van der Waals surface area contributed by atoms with Crippen LogP contribution in [0.25, 0.3) is 0 Å². The van der Waals surface area contributed by atoms with E-state index < -0.39 is 34.9 Å². The predicted octanol–water partition coefficient (Wildman–Crippen LogP) is 2.10. The maximum absolute atomic E-state index is 13.1. The first-order chi connectivity index (χ1) is 13.3. The molecule has 0 spiro atoms. The van der Waals surface area contributed by atoms with Crippen molar-refractivity contribution < 1.29 is 32.2 Å². The number of carbonyl (C=O) groups excluding carboxylic acids is 2. The van der Waals surface area contributed by atoms with Crippen LogP contribution < -0.4 is 4.74 Å². The lowest BCUT2D eigenvalue weighted by molar-refractivity contribution is -0.144. The number of hydrogen-bond donors (Lipinski definition) is 0. The largest absolute Gasteiger partial charge is 0.497 e. The Labute approximate surface area is 165 Å². The van der Waals surface area contributed by atoms with Crippen LogP contribution in [-0.4, -0.2) is 62.5 Å². The zero-order chi connectivity index (χ0) is 20.7. The number of methoxy groups -OCH3 is 1. The zero-order valence-electron chi connectivity index (χ0n) is 16.3. The van der Waals surface area contributed by atoms with Gasteiger partial charge in [0.2, 0.25) is 0 Å². The van der Waals surface area contributed by atoms with E-state index in [-0.39, 0.29) is 19.8 Å². The van der Waals surface area contributed by atoms with Gasteiger partial charge in [0, 0.05) is 6.04 Å². The molecular weight excluding hydrogens is 388 g/mol. The summed E-state index contributed by atoms with van der Waals surface area (Å²) in [6.45, 7) is 3.17. The van der Waals surface area contributed by atoms with E-state index in [1.807, 2.05) is 6.92 Å². The lowest BCUT2D eigenvalue weighted by Gasteiger charge is -2.30. The van der Waals surface area contributed by atoms with Crippen LogP contribution in [0.15, 0.2) is 24.3 Å². The maximum atomic E-state index is 13.1. The molecule has 0 aliphatic carbocycles. The fraction of sp³-hybridized carbons (Fsp3) is 0.556. The molecule has 0 radical (unpaired) electrons. The van der Waals surface area contributed by atoms with Gasteiger partial charge < -0.3 is 14.2 Å². The molecule has 1 fully saturated rings. The highest BCUT2D eigenvalue weighted by molar-refractivity contribution is 7.87. The quantitative estimate of drug-likeness (QED) is 0.427. The Morgan fingerprint density at radius 2 is 2.00 bits per heavy atom. The third kappa shape index (κ3) is 5.14. The molecule has 0 saturated carbocycles. The second kappa shape index (κ2) is 9.74. The summed E-state index contributed by atoms with van der Waals surface area (Å²) in [5.41, 5.74) is 0.637. The van der Waals surface area contributed by atoms with Crippen LogP contribution in [0.4, 0.5) is 4.79 Å². The molecule has 1 aliphatic heterocycles. The number of ether oxygens (including phenoxy) is 3. The first-order valence-electron chi connectivity index (χ1n) is 9.07. The van der Waals surface area contributed by atoms with E-state index in [4.69, 9.17) is 14.2 Å². The highest BCUT2D eigenvalue weighted by Gasteiger charge is 2.41. The van der Waals surface area contributed by atoms with Crippen molar-refractivity contribution in [3.63, 3.8) is 0 Å². The van der Waals surface area contributed by atoms with Gasteiger partial charge in [0.05, 0.1) is 20.3 Å². The van der Waals surface area contributed by atoms with Crippen LogP contribution in [0.1, 0.15) is 38.3 Å². The molecule has 156 valence electrons. The van der Waals surface area contributed by atoms with Crippen LogP contribution in [0.3, 0.4) is 0 Å². The Bertz CT molecular complexity index is 780. The molecule has 1 atom stereocenters.